The third-order valence-electron chi connectivity index (χ3n) is 3.97. The highest BCUT2D eigenvalue weighted by atomic mass is 32.2. The first-order valence-corrected chi connectivity index (χ1v) is 8.16. The molecule has 2 rings (SSSR count). The number of hydrogen-bond acceptors (Lipinski definition) is 2. The molecule has 0 radical (unpaired) electrons. The second-order valence-electron chi connectivity index (χ2n) is 5.33. The molecule has 1 aliphatic carbocycles. The highest BCUT2D eigenvalue weighted by Crippen LogP contribution is 2.30. The average molecular weight is 263 g/mol. The van der Waals surface area contributed by atoms with Crippen LogP contribution in [0.4, 0.5) is 0 Å². The molecule has 0 spiro atoms. The zero-order valence-corrected chi connectivity index (χ0v) is 12.6. The minimum absolute atomic E-state index is 0.719. The lowest BCUT2D eigenvalue weighted by atomic mass is 10.1. The van der Waals surface area contributed by atoms with Gasteiger partial charge in [0.05, 0.1) is 0 Å². The lowest BCUT2D eigenvalue weighted by Gasteiger charge is -2.20. The van der Waals surface area contributed by atoms with Crippen LogP contribution in [-0.4, -0.2) is 17.0 Å². The highest BCUT2D eigenvalue weighted by molar-refractivity contribution is 7.99. The van der Waals surface area contributed by atoms with Gasteiger partial charge in [-0.25, -0.2) is 0 Å². The zero-order valence-electron chi connectivity index (χ0n) is 11.8. The summed E-state index contributed by atoms with van der Waals surface area (Å²) >= 11 is 2.13. The van der Waals surface area contributed by atoms with Crippen LogP contribution in [0.2, 0.25) is 0 Å². The fraction of sp³-hybridized carbons (Fsp3) is 0.625. The standard InChI is InChI=1S/C16H25NS/c1-4-18-16-7-5-6-15(16)17-11-14-9-8-12(2)13(3)10-14/h8-10,15-17H,4-7,11H2,1-3H3. The maximum atomic E-state index is 3.76. The van der Waals surface area contributed by atoms with E-state index < -0.39 is 0 Å². The van der Waals surface area contributed by atoms with Crippen molar-refractivity contribution >= 4 is 11.8 Å². The quantitative estimate of drug-likeness (QED) is 0.859. The molecular formula is C16H25NS. The predicted molar refractivity (Wildman–Crippen MR) is 82.3 cm³/mol. The van der Waals surface area contributed by atoms with Crippen LogP contribution in [0.5, 0.6) is 0 Å². The van der Waals surface area contributed by atoms with E-state index in [1.807, 2.05) is 0 Å². The van der Waals surface area contributed by atoms with Gasteiger partial charge in [-0.05, 0) is 49.1 Å². The molecule has 0 amide bonds. The van der Waals surface area contributed by atoms with E-state index in [9.17, 15) is 0 Å². The van der Waals surface area contributed by atoms with E-state index >= 15 is 0 Å². The largest absolute Gasteiger partial charge is 0.309 e. The molecule has 1 aromatic rings. The molecule has 0 bridgehead atoms. The van der Waals surface area contributed by atoms with Crippen LogP contribution in [-0.2, 0) is 6.54 Å². The van der Waals surface area contributed by atoms with Crippen molar-refractivity contribution in [1.82, 2.24) is 5.32 Å². The molecule has 0 saturated heterocycles. The van der Waals surface area contributed by atoms with Crippen molar-refractivity contribution in [3.63, 3.8) is 0 Å². The van der Waals surface area contributed by atoms with Crippen LogP contribution >= 0.6 is 11.8 Å². The summed E-state index contributed by atoms with van der Waals surface area (Å²) < 4.78 is 0. The minimum atomic E-state index is 0.719. The molecular weight excluding hydrogens is 238 g/mol. The molecule has 1 aliphatic rings. The van der Waals surface area contributed by atoms with Crippen LogP contribution in [0, 0.1) is 13.8 Å². The zero-order chi connectivity index (χ0) is 13.0. The Bertz CT molecular complexity index is 389. The molecule has 1 fully saturated rings. The average Bonchev–Trinajstić information content (AvgIpc) is 2.79. The Morgan fingerprint density at radius 3 is 2.78 bits per heavy atom. The molecule has 0 aromatic heterocycles. The predicted octanol–water partition coefficient (Wildman–Crippen LogP) is 4.07. The highest BCUT2D eigenvalue weighted by Gasteiger charge is 2.26. The Balaban J connectivity index is 1.88. The molecule has 0 heterocycles. The van der Waals surface area contributed by atoms with Gasteiger partial charge in [-0.3, -0.25) is 0 Å². The van der Waals surface area contributed by atoms with Gasteiger partial charge in [0.2, 0.25) is 0 Å². The number of rotatable bonds is 5. The van der Waals surface area contributed by atoms with E-state index in [-0.39, 0.29) is 0 Å². The summed E-state index contributed by atoms with van der Waals surface area (Å²) in [4.78, 5) is 0. The Labute approximate surface area is 116 Å². The summed E-state index contributed by atoms with van der Waals surface area (Å²) in [5.41, 5.74) is 4.21. The first-order chi connectivity index (χ1) is 8.70. The van der Waals surface area contributed by atoms with Crippen molar-refractivity contribution in [2.45, 2.75) is 57.9 Å². The third-order valence-corrected chi connectivity index (χ3v) is 5.30. The molecule has 0 aliphatic heterocycles. The Hall–Kier alpha value is -0.470. The summed E-state index contributed by atoms with van der Waals surface area (Å²) in [7, 11) is 0. The monoisotopic (exact) mass is 263 g/mol. The van der Waals surface area contributed by atoms with E-state index in [0.717, 1.165) is 17.8 Å². The van der Waals surface area contributed by atoms with Crippen molar-refractivity contribution in [3.05, 3.63) is 34.9 Å². The minimum Gasteiger partial charge on any atom is -0.309 e. The van der Waals surface area contributed by atoms with Gasteiger partial charge in [0.15, 0.2) is 0 Å². The van der Waals surface area contributed by atoms with E-state index in [4.69, 9.17) is 0 Å². The smallest absolute Gasteiger partial charge is 0.0208 e. The third kappa shape index (κ3) is 3.52. The Kier molecular flexibility index (Phi) is 5.13. The van der Waals surface area contributed by atoms with Gasteiger partial charge >= 0.3 is 0 Å². The van der Waals surface area contributed by atoms with Gasteiger partial charge in [0, 0.05) is 17.8 Å². The lowest BCUT2D eigenvalue weighted by molar-refractivity contribution is 0.532. The molecule has 1 N–H and O–H groups in total. The van der Waals surface area contributed by atoms with Crippen molar-refractivity contribution < 1.29 is 0 Å². The van der Waals surface area contributed by atoms with Crippen molar-refractivity contribution in [2.24, 2.45) is 0 Å². The molecule has 2 atom stereocenters. The summed E-state index contributed by atoms with van der Waals surface area (Å²) in [6, 6.07) is 7.53. The van der Waals surface area contributed by atoms with Crippen molar-refractivity contribution in [3.8, 4) is 0 Å². The normalized spacial score (nSPS) is 23.5. The number of benzene rings is 1. The van der Waals surface area contributed by atoms with E-state index in [1.165, 1.54) is 41.7 Å². The van der Waals surface area contributed by atoms with Crippen LogP contribution < -0.4 is 5.32 Å². The van der Waals surface area contributed by atoms with Crippen LogP contribution in [0.25, 0.3) is 0 Å². The Morgan fingerprint density at radius 1 is 1.22 bits per heavy atom. The molecule has 18 heavy (non-hydrogen) atoms. The summed E-state index contributed by atoms with van der Waals surface area (Å²) in [5, 5.41) is 4.59. The molecule has 1 aromatic carbocycles. The fourth-order valence-electron chi connectivity index (χ4n) is 2.74. The van der Waals surface area contributed by atoms with Gasteiger partial charge in [0.1, 0.15) is 0 Å². The van der Waals surface area contributed by atoms with E-state index in [1.54, 1.807) is 0 Å². The lowest BCUT2D eigenvalue weighted by Crippen LogP contribution is -2.33. The maximum absolute atomic E-state index is 3.76. The van der Waals surface area contributed by atoms with Crippen LogP contribution in [0.1, 0.15) is 42.9 Å². The second-order valence-corrected chi connectivity index (χ2v) is 6.85. The molecule has 1 saturated carbocycles. The molecule has 1 nitrogen and oxygen atoms in total. The summed E-state index contributed by atoms with van der Waals surface area (Å²) in [6.45, 7) is 7.66. The van der Waals surface area contributed by atoms with Crippen molar-refractivity contribution in [2.75, 3.05) is 5.75 Å². The van der Waals surface area contributed by atoms with Gasteiger partial charge < -0.3 is 5.32 Å². The topological polar surface area (TPSA) is 12.0 Å². The maximum Gasteiger partial charge on any atom is 0.0208 e. The van der Waals surface area contributed by atoms with Crippen LogP contribution in [0.15, 0.2) is 18.2 Å². The van der Waals surface area contributed by atoms with Crippen molar-refractivity contribution in [1.29, 1.82) is 0 Å². The molecule has 100 valence electrons. The van der Waals surface area contributed by atoms with E-state index in [2.05, 4.69) is 56.0 Å². The van der Waals surface area contributed by atoms with E-state index in [0.29, 0.717) is 0 Å². The SMILES string of the molecule is CCSC1CCCC1NCc1ccc(C)c(C)c1. The van der Waals surface area contributed by atoms with Gasteiger partial charge in [0.25, 0.3) is 0 Å². The molecule has 2 heteroatoms. The number of hydrogen-bond donors (Lipinski definition) is 1. The number of thioether (sulfide) groups is 1. The Morgan fingerprint density at radius 2 is 2.06 bits per heavy atom. The van der Waals surface area contributed by atoms with Gasteiger partial charge in [-0.2, -0.15) is 11.8 Å². The number of aryl methyl sites for hydroxylation is 2. The first-order valence-electron chi connectivity index (χ1n) is 7.12. The van der Waals surface area contributed by atoms with Gasteiger partial charge in [-0.15, -0.1) is 0 Å². The summed E-state index contributed by atoms with van der Waals surface area (Å²) in [5.74, 6) is 1.24. The first kappa shape index (κ1) is 14.0. The van der Waals surface area contributed by atoms with Gasteiger partial charge in [-0.1, -0.05) is 31.5 Å². The second kappa shape index (κ2) is 6.63. The number of nitrogens with one attached hydrogen (secondary N) is 1. The molecule has 2 unspecified atom stereocenters. The van der Waals surface area contributed by atoms with Crippen LogP contribution in [0.3, 0.4) is 0 Å². The fourth-order valence-corrected chi connectivity index (χ4v) is 3.96. The summed E-state index contributed by atoms with van der Waals surface area (Å²) in [6.07, 6.45) is 4.13.